The third-order valence-electron chi connectivity index (χ3n) is 5.46. The Morgan fingerprint density at radius 2 is 0.939 bits per heavy atom. The van der Waals surface area contributed by atoms with Crippen LogP contribution in [0.1, 0.15) is 22.3 Å². The Labute approximate surface area is 197 Å². The van der Waals surface area contributed by atoms with Crippen LogP contribution in [0, 0.1) is 0 Å². The Balaban J connectivity index is 1.65. The Kier molecular flexibility index (Phi) is 5.64. The first-order chi connectivity index (χ1) is 15.8. The first-order valence-electron chi connectivity index (χ1n) is 10.3. The van der Waals surface area contributed by atoms with Crippen molar-refractivity contribution in [2.24, 2.45) is 0 Å². The highest BCUT2D eigenvalue weighted by atomic mass is 32.2. The van der Waals surface area contributed by atoms with E-state index < -0.39 is 19.7 Å². The van der Waals surface area contributed by atoms with Crippen LogP contribution in [0.3, 0.4) is 0 Å². The molecule has 6 bridgehead atoms. The fraction of sp³-hybridized carbons (Fsp3) is 0.167. The summed E-state index contributed by atoms with van der Waals surface area (Å²) in [6.07, 6.45) is 0. The van der Waals surface area contributed by atoms with Crippen molar-refractivity contribution in [3.63, 3.8) is 0 Å². The van der Waals surface area contributed by atoms with Crippen LogP contribution in [0.15, 0.2) is 72.8 Å². The van der Waals surface area contributed by atoms with Crippen molar-refractivity contribution in [1.29, 1.82) is 0 Å². The number of sulfone groups is 2. The van der Waals surface area contributed by atoms with Crippen molar-refractivity contribution in [2.75, 3.05) is 0 Å². The smallest absolute Gasteiger partial charge is 0.158 e. The van der Waals surface area contributed by atoms with Gasteiger partial charge in [0.25, 0.3) is 0 Å². The molecule has 168 valence electrons. The van der Waals surface area contributed by atoms with Crippen LogP contribution < -0.4 is 0 Å². The molecule has 2 aliphatic heterocycles. The van der Waals surface area contributed by atoms with Crippen molar-refractivity contribution in [3.8, 4) is 22.5 Å². The molecule has 0 atom stereocenters. The maximum Gasteiger partial charge on any atom is 0.158 e. The molecular weight excluding hydrogens is 476 g/mol. The SMILES string of the molecule is O=S1(=O)Cc2ccc(cc2)CS(=O)(=O)Cc2cccc(c2)-c2nsnc2-c2cccc(c2)C1. The summed E-state index contributed by atoms with van der Waals surface area (Å²) < 4.78 is 60.3. The molecule has 6 nitrogen and oxygen atoms in total. The molecule has 3 heterocycles. The van der Waals surface area contributed by atoms with Crippen molar-refractivity contribution in [3.05, 3.63) is 95.1 Å². The van der Waals surface area contributed by atoms with E-state index in [-0.39, 0.29) is 23.0 Å². The lowest BCUT2D eigenvalue weighted by atomic mass is 10.0. The second kappa shape index (κ2) is 8.48. The number of hydrogen-bond acceptors (Lipinski definition) is 7. The van der Waals surface area contributed by atoms with Crippen LogP contribution in [0.25, 0.3) is 22.5 Å². The van der Waals surface area contributed by atoms with Crippen LogP contribution >= 0.6 is 11.7 Å². The third-order valence-corrected chi connectivity index (χ3v) is 9.08. The summed E-state index contributed by atoms with van der Waals surface area (Å²) in [7, 11) is -6.85. The highest BCUT2D eigenvalue weighted by molar-refractivity contribution is 7.90. The summed E-state index contributed by atoms with van der Waals surface area (Å²) in [6.45, 7) is 0. The highest BCUT2D eigenvalue weighted by Crippen LogP contribution is 2.32. The van der Waals surface area contributed by atoms with Gasteiger partial charge in [-0.3, -0.25) is 0 Å². The number of nitrogens with zero attached hydrogens (tertiary/aromatic N) is 2. The molecule has 2 aliphatic rings. The zero-order chi connectivity index (χ0) is 23.1. The van der Waals surface area contributed by atoms with Gasteiger partial charge in [0, 0.05) is 11.1 Å². The Morgan fingerprint density at radius 3 is 1.36 bits per heavy atom. The summed E-state index contributed by atoms with van der Waals surface area (Å²) in [6, 6.07) is 21.4. The van der Waals surface area contributed by atoms with Crippen LogP contribution in [0.5, 0.6) is 0 Å². The lowest BCUT2D eigenvalue weighted by Crippen LogP contribution is -2.09. The minimum atomic E-state index is -3.43. The van der Waals surface area contributed by atoms with Gasteiger partial charge in [-0.15, -0.1) is 0 Å². The molecule has 0 saturated heterocycles. The van der Waals surface area contributed by atoms with Gasteiger partial charge >= 0.3 is 0 Å². The molecule has 0 N–H and O–H groups in total. The monoisotopic (exact) mass is 496 g/mol. The van der Waals surface area contributed by atoms with Gasteiger partial charge in [-0.2, -0.15) is 8.75 Å². The molecule has 0 saturated carbocycles. The maximum atomic E-state index is 12.9. The van der Waals surface area contributed by atoms with Crippen molar-refractivity contribution in [2.45, 2.75) is 23.0 Å². The van der Waals surface area contributed by atoms with Crippen molar-refractivity contribution in [1.82, 2.24) is 8.75 Å². The molecule has 0 aliphatic carbocycles. The zero-order valence-electron chi connectivity index (χ0n) is 17.5. The zero-order valence-corrected chi connectivity index (χ0v) is 20.0. The molecule has 33 heavy (non-hydrogen) atoms. The molecule has 6 rings (SSSR count). The quantitative estimate of drug-likeness (QED) is 0.358. The van der Waals surface area contributed by atoms with Crippen molar-refractivity contribution < 1.29 is 16.8 Å². The summed E-state index contributed by atoms with van der Waals surface area (Å²) >= 11 is 1.07. The van der Waals surface area contributed by atoms with Crippen LogP contribution in [0.4, 0.5) is 0 Å². The maximum absolute atomic E-state index is 12.9. The molecule has 0 radical (unpaired) electrons. The van der Waals surface area contributed by atoms with Gasteiger partial charge in [0.15, 0.2) is 19.7 Å². The minimum Gasteiger partial charge on any atom is -0.228 e. The Hall–Kier alpha value is -2.88. The summed E-state index contributed by atoms with van der Waals surface area (Å²) in [4.78, 5) is 0. The summed E-state index contributed by atoms with van der Waals surface area (Å²) in [5, 5.41) is 0. The number of aromatic nitrogens is 2. The standard InChI is InChI=1S/C24H20N2O4S3/c27-32(28)13-17-7-9-18(10-8-17)14-33(29,30)16-20-4-2-6-22(12-20)24-23(25-31-26-24)21-5-1-3-19(11-21)15-32/h1-12H,13-16H2. The van der Waals surface area contributed by atoms with E-state index >= 15 is 0 Å². The van der Waals surface area contributed by atoms with E-state index in [1.165, 1.54) is 0 Å². The van der Waals surface area contributed by atoms with Crippen molar-refractivity contribution >= 4 is 31.4 Å². The fourth-order valence-corrected chi connectivity index (χ4v) is 7.60. The predicted octanol–water partition coefficient (Wildman–Crippen LogP) is 4.42. The fourth-order valence-electron chi connectivity index (χ4n) is 4.03. The van der Waals surface area contributed by atoms with Gasteiger partial charge in [0.1, 0.15) is 11.4 Å². The first-order valence-corrected chi connectivity index (χ1v) is 14.6. The number of fused-ring (bicyclic) bond motifs is 6. The van der Waals surface area contributed by atoms with Crippen LogP contribution in [-0.4, -0.2) is 25.6 Å². The molecule has 1 aromatic heterocycles. The molecule has 3 aromatic carbocycles. The van der Waals surface area contributed by atoms with Gasteiger partial charge in [0.2, 0.25) is 0 Å². The topological polar surface area (TPSA) is 94.1 Å². The molecule has 9 heteroatoms. The Morgan fingerprint density at radius 1 is 0.545 bits per heavy atom. The largest absolute Gasteiger partial charge is 0.228 e. The number of hydrogen-bond donors (Lipinski definition) is 0. The van der Waals surface area contributed by atoms with E-state index in [9.17, 15) is 16.8 Å². The molecule has 0 spiro atoms. The highest BCUT2D eigenvalue weighted by Gasteiger charge is 2.19. The van der Waals surface area contributed by atoms with E-state index in [2.05, 4.69) is 8.75 Å². The van der Waals surface area contributed by atoms with E-state index in [0.29, 0.717) is 33.6 Å². The van der Waals surface area contributed by atoms with E-state index in [1.54, 1.807) is 36.4 Å². The van der Waals surface area contributed by atoms with E-state index in [1.807, 2.05) is 36.4 Å². The Bertz CT molecular complexity index is 1430. The number of benzene rings is 3. The van der Waals surface area contributed by atoms with Gasteiger partial charge < -0.3 is 0 Å². The van der Waals surface area contributed by atoms with Gasteiger partial charge in [-0.05, 0) is 34.4 Å². The molecule has 4 aromatic rings. The van der Waals surface area contributed by atoms with E-state index in [0.717, 1.165) is 22.9 Å². The normalized spacial score (nSPS) is 17.0. The summed E-state index contributed by atoms with van der Waals surface area (Å²) in [5.74, 6) is -0.421. The predicted molar refractivity (Wildman–Crippen MR) is 130 cm³/mol. The summed E-state index contributed by atoms with van der Waals surface area (Å²) in [5.41, 5.74) is 5.47. The molecular formula is C24H20N2O4S3. The second-order valence-electron chi connectivity index (χ2n) is 8.24. The minimum absolute atomic E-state index is 0.0979. The van der Waals surface area contributed by atoms with E-state index in [4.69, 9.17) is 0 Å². The third kappa shape index (κ3) is 5.05. The average Bonchev–Trinajstić information content (AvgIpc) is 3.24. The van der Waals surface area contributed by atoms with Gasteiger partial charge in [0.05, 0.1) is 34.7 Å². The van der Waals surface area contributed by atoms with Gasteiger partial charge in [-0.1, -0.05) is 60.7 Å². The molecule has 0 fully saturated rings. The van der Waals surface area contributed by atoms with Crippen LogP contribution in [-0.2, 0) is 42.7 Å². The first kappa shape index (κ1) is 21.9. The van der Waals surface area contributed by atoms with Crippen LogP contribution in [0.2, 0.25) is 0 Å². The van der Waals surface area contributed by atoms with Gasteiger partial charge in [-0.25, -0.2) is 16.8 Å². The molecule has 0 amide bonds. The second-order valence-corrected chi connectivity index (χ2v) is 12.9. The lowest BCUT2D eigenvalue weighted by Gasteiger charge is -2.10. The average molecular weight is 497 g/mol. The molecule has 0 unspecified atom stereocenters. The lowest BCUT2D eigenvalue weighted by molar-refractivity contribution is 0.592. The number of rotatable bonds is 0.